The summed E-state index contributed by atoms with van der Waals surface area (Å²) in [4.78, 5) is 39.8. The van der Waals surface area contributed by atoms with Gasteiger partial charge in [-0.25, -0.2) is 4.90 Å². The zero-order valence-electron chi connectivity index (χ0n) is 15.5. The van der Waals surface area contributed by atoms with Gasteiger partial charge in [0.25, 0.3) is 0 Å². The van der Waals surface area contributed by atoms with Crippen LogP contribution in [-0.4, -0.2) is 24.2 Å². The van der Waals surface area contributed by atoms with E-state index >= 15 is 0 Å². The molecule has 2 amide bonds. The second-order valence-electron chi connectivity index (χ2n) is 7.70. The molecule has 3 aliphatic rings. The molecule has 1 saturated carbocycles. The zero-order valence-corrected chi connectivity index (χ0v) is 16.2. The minimum Gasteiger partial charge on any atom is -0.483 e. The number of hydrogen-bond acceptors (Lipinski definition) is 4. The summed E-state index contributed by atoms with van der Waals surface area (Å²) in [5.41, 5.74) is 0.887. The van der Waals surface area contributed by atoms with E-state index in [1.807, 2.05) is 0 Å². The number of carbonyl (C=O) groups excluding carboxylic acids is 3. The van der Waals surface area contributed by atoms with Crippen LogP contribution < -0.4 is 9.64 Å². The molecule has 2 fully saturated rings. The van der Waals surface area contributed by atoms with E-state index in [9.17, 15) is 14.4 Å². The first-order chi connectivity index (χ1) is 14.0. The first-order valence-electron chi connectivity index (χ1n) is 9.61. The maximum Gasteiger partial charge on any atom is 0.238 e. The van der Waals surface area contributed by atoms with Crippen molar-refractivity contribution in [3.05, 3.63) is 71.3 Å². The van der Waals surface area contributed by atoms with E-state index in [2.05, 4.69) is 12.2 Å². The van der Waals surface area contributed by atoms with E-state index in [1.165, 1.54) is 4.90 Å². The van der Waals surface area contributed by atoms with Gasteiger partial charge in [-0.3, -0.25) is 14.4 Å². The lowest BCUT2D eigenvalue weighted by atomic mass is 9.85. The van der Waals surface area contributed by atoms with Gasteiger partial charge in [-0.2, -0.15) is 0 Å². The first kappa shape index (κ1) is 18.1. The van der Waals surface area contributed by atoms with Gasteiger partial charge in [0.1, 0.15) is 5.75 Å². The Morgan fingerprint density at radius 1 is 0.966 bits per heavy atom. The summed E-state index contributed by atoms with van der Waals surface area (Å²) in [6, 6.07) is 13.4. The van der Waals surface area contributed by atoms with E-state index in [4.69, 9.17) is 16.3 Å². The molecule has 0 N–H and O–H groups in total. The maximum atomic E-state index is 13.1. The summed E-state index contributed by atoms with van der Waals surface area (Å²) < 4.78 is 5.74. The number of anilines is 1. The molecule has 5 nitrogen and oxygen atoms in total. The maximum absolute atomic E-state index is 13.1. The summed E-state index contributed by atoms with van der Waals surface area (Å²) >= 11 is 5.86. The lowest BCUT2D eigenvalue weighted by Gasteiger charge is -2.20. The largest absolute Gasteiger partial charge is 0.483 e. The monoisotopic (exact) mass is 407 g/mol. The molecule has 6 heteroatoms. The van der Waals surface area contributed by atoms with Crippen molar-refractivity contribution in [1.29, 1.82) is 0 Å². The molecule has 4 atom stereocenters. The molecule has 2 bridgehead atoms. The van der Waals surface area contributed by atoms with Gasteiger partial charge in [0.15, 0.2) is 12.4 Å². The second-order valence-corrected chi connectivity index (χ2v) is 8.13. The summed E-state index contributed by atoms with van der Waals surface area (Å²) in [6.45, 7) is -0.200. The molecule has 0 aromatic heterocycles. The Morgan fingerprint density at radius 2 is 1.59 bits per heavy atom. The van der Waals surface area contributed by atoms with E-state index in [0.717, 1.165) is 6.42 Å². The predicted molar refractivity (Wildman–Crippen MR) is 108 cm³/mol. The van der Waals surface area contributed by atoms with Gasteiger partial charge < -0.3 is 4.74 Å². The number of para-hydroxylation sites is 2. The van der Waals surface area contributed by atoms with Crippen molar-refractivity contribution >= 4 is 34.9 Å². The molecule has 1 saturated heterocycles. The number of ether oxygens (including phenoxy) is 1. The first-order valence-corrected chi connectivity index (χ1v) is 9.99. The third-order valence-electron chi connectivity index (χ3n) is 6.10. The van der Waals surface area contributed by atoms with E-state index < -0.39 is 0 Å². The molecule has 0 unspecified atom stereocenters. The quantitative estimate of drug-likeness (QED) is 0.428. The number of rotatable bonds is 5. The highest BCUT2D eigenvalue weighted by molar-refractivity contribution is 6.30. The Morgan fingerprint density at radius 3 is 2.24 bits per heavy atom. The number of benzene rings is 2. The minimum absolute atomic E-state index is 0.144. The van der Waals surface area contributed by atoms with Crippen LogP contribution in [0.3, 0.4) is 0 Å². The fraction of sp³-hybridized carbons (Fsp3) is 0.261. The zero-order chi connectivity index (χ0) is 20.1. The SMILES string of the molecule is O=C(COc1ccccc1N1C(=O)[C@@H]2[C@@H](C1=O)[C@H]1C=C[C@@H]2C1)c1ccc(Cl)cc1. The molecule has 2 aromatic rings. The lowest BCUT2D eigenvalue weighted by molar-refractivity contribution is -0.123. The van der Waals surface area contributed by atoms with E-state index in [1.54, 1.807) is 48.5 Å². The number of amides is 2. The van der Waals surface area contributed by atoms with E-state index in [-0.39, 0.29) is 47.9 Å². The third-order valence-corrected chi connectivity index (χ3v) is 6.35. The fourth-order valence-electron chi connectivity index (χ4n) is 4.77. The molecule has 29 heavy (non-hydrogen) atoms. The normalized spacial score (nSPS) is 26.9. The Kier molecular flexibility index (Phi) is 4.28. The number of allylic oxidation sites excluding steroid dienone is 2. The Hall–Kier alpha value is -2.92. The molecule has 2 aliphatic carbocycles. The van der Waals surface area contributed by atoms with Crippen LogP contribution in [0, 0.1) is 23.7 Å². The van der Waals surface area contributed by atoms with Crippen molar-refractivity contribution in [3.63, 3.8) is 0 Å². The van der Waals surface area contributed by atoms with E-state index in [0.29, 0.717) is 22.0 Å². The number of nitrogens with zero attached hydrogens (tertiary/aromatic N) is 1. The molecular weight excluding hydrogens is 390 g/mol. The van der Waals surface area contributed by atoms with Gasteiger partial charge in [0.05, 0.1) is 17.5 Å². The highest BCUT2D eigenvalue weighted by Gasteiger charge is 2.59. The molecule has 146 valence electrons. The average molecular weight is 408 g/mol. The van der Waals surface area contributed by atoms with Gasteiger partial charge in [-0.05, 0) is 54.7 Å². The van der Waals surface area contributed by atoms with Crippen LogP contribution in [0.1, 0.15) is 16.8 Å². The number of carbonyl (C=O) groups is 3. The number of imide groups is 1. The number of fused-ring (bicyclic) bond motifs is 5. The highest BCUT2D eigenvalue weighted by Crippen LogP contribution is 2.53. The Balaban J connectivity index is 1.38. The van der Waals surface area contributed by atoms with Crippen molar-refractivity contribution in [2.24, 2.45) is 23.7 Å². The van der Waals surface area contributed by atoms with Crippen molar-refractivity contribution in [1.82, 2.24) is 0 Å². The van der Waals surface area contributed by atoms with Crippen molar-refractivity contribution in [2.75, 3.05) is 11.5 Å². The van der Waals surface area contributed by atoms with Gasteiger partial charge in [-0.15, -0.1) is 0 Å². The van der Waals surface area contributed by atoms with Crippen LogP contribution in [0.5, 0.6) is 5.75 Å². The number of ketones is 1. The van der Waals surface area contributed by atoms with Gasteiger partial charge in [0, 0.05) is 10.6 Å². The predicted octanol–water partition coefficient (Wildman–Crippen LogP) is 3.91. The van der Waals surface area contributed by atoms with Crippen molar-refractivity contribution in [3.8, 4) is 5.75 Å². The van der Waals surface area contributed by atoms with Gasteiger partial charge in [0.2, 0.25) is 11.8 Å². The molecule has 1 aliphatic heterocycles. The minimum atomic E-state index is -0.277. The molecule has 5 rings (SSSR count). The van der Waals surface area contributed by atoms with Crippen LogP contribution in [0.4, 0.5) is 5.69 Å². The Labute approximate surface area is 172 Å². The van der Waals surface area contributed by atoms with Gasteiger partial charge >= 0.3 is 0 Å². The summed E-state index contributed by atoms with van der Waals surface area (Å²) in [7, 11) is 0. The van der Waals surface area contributed by atoms with Crippen LogP contribution >= 0.6 is 11.6 Å². The highest BCUT2D eigenvalue weighted by atomic mass is 35.5. The molecule has 0 spiro atoms. The van der Waals surface area contributed by atoms with Crippen LogP contribution in [0.25, 0.3) is 0 Å². The van der Waals surface area contributed by atoms with Crippen LogP contribution in [-0.2, 0) is 9.59 Å². The molecule has 0 radical (unpaired) electrons. The average Bonchev–Trinajstić information content (AvgIpc) is 3.41. The Bertz CT molecular complexity index is 1020. The number of halogens is 1. The van der Waals surface area contributed by atoms with Crippen molar-refractivity contribution in [2.45, 2.75) is 6.42 Å². The summed E-state index contributed by atoms with van der Waals surface area (Å²) in [5, 5.41) is 0.549. The molecule has 1 heterocycles. The van der Waals surface area contributed by atoms with Crippen LogP contribution in [0.15, 0.2) is 60.7 Å². The smallest absolute Gasteiger partial charge is 0.238 e. The van der Waals surface area contributed by atoms with Crippen LogP contribution in [0.2, 0.25) is 5.02 Å². The summed E-state index contributed by atoms with van der Waals surface area (Å²) in [6.07, 6.45) is 5.01. The third kappa shape index (κ3) is 2.88. The lowest BCUT2D eigenvalue weighted by Crippen LogP contribution is -2.33. The second kappa shape index (κ2) is 6.85. The standard InChI is InChI=1S/C23H18ClNO4/c24-16-9-7-13(8-10-16)18(26)12-29-19-4-2-1-3-17(19)25-22(27)20-14-5-6-15(11-14)21(20)23(25)28/h1-10,14-15,20-21H,11-12H2/t14-,15+,20-,21-/m0/s1. The van der Waals surface area contributed by atoms with Gasteiger partial charge in [-0.1, -0.05) is 35.9 Å². The topological polar surface area (TPSA) is 63.7 Å². The van der Waals surface area contributed by atoms with Crippen molar-refractivity contribution < 1.29 is 19.1 Å². The molecular formula is C23H18ClNO4. The molecule has 2 aromatic carbocycles. The fourth-order valence-corrected chi connectivity index (χ4v) is 4.89. The number of Topliss-reactive ketones (excluding diaryl/α,β-unsaturated/α-hetero) is 1. The number of hydrogen-bond donors (Lipinski definition) is 0. The summed E-state index contributed by atoms with van der Waals surface area (Å²) in [5.74, 6) is -0.472.